The second-order valence-corrected chi connectivity index (χ2v) is 8.76. The Morgan fingerprint density at radius 1 is 1.00 bits per heavy atom. The van der Waals surface area contributed by atoms with Crippen molar-refractivity contribution in [1.82, 2.24) is 9.55 Å². The van der Waals surface area contributed by atoms with Crippen molar-refractivity contribution in [3.63, 3.8) is 0 Å². The molecule has 1 saturated heterocycles. The van der Waals surface area contributed by atoms with Crippen LogP contribution in [-0.2, 0) is 11.3 Å². The van der Waals surface area contributed by atoms with E-state index in [1.54, 1.807) is 23.1 Å². The monoisotopic (exact) mass is 405 g/mol. The SMILES string of the molecule is O=C1C[C@@H](c2nc3ccccc3n2CCC2CCCCC2)CN1c1ccccc1F. The number of aromatic nitrogens is 2. The Labute approximate surface area is 176 Å². The van der Waals surface area contributed by atoms with Crippen molar-refractivity contribution in [3.8, 4) is 0 Å². The highest BCUT2D eigenvalue weighted by atomic mass is 19.1. The average Bonchev–Trinajstić information content (AvgIpc) is 3.34. The fraction of sp³-hybridized carbons (Fsp3) is 0.440. The molecule has 0 N–H and O–H groups in total. The van der Waals surface area contributed by atoms with Crippen molar-refractivity contribution in [1.29, 1.82) is 0 Å². The summed E-state index contributed by atoms with van der Waals surface area (Å²) < 4.78 is 16.6. The molecule has 1 atom stereocenters. The second kappa shape index (κ2) is 8.21. The van der Waals surface area contributed by atoms with Gasteiger partial charge in [0.1, 0.15) is 11.6 Å². The van der Waals surface area contributed by atoms with Crippen LogP contribution in [0.3, 0.4) is 0 Å². The van der Waals surface area contributed by atoms with Crippen LogP contribution in [0.25, 0.3) is 11.0 Å². The lowest BCUT2D eigenvalue weighted by Gasteiger charge is -2.23. The third kappa shape index (κ3) is 3.62. The number of nitrogens with zero attached hydrogens (tertiary/aromatic N) is 3. The molecule has 0 radical (unpaired) electrons. The Kier molecular flexibility index (Phi) is 5.28. The number of carbonyl (C=O) groups is 1. The molecule has 5 heteroatoms. The van der Waals surface area contributed by atoms with Gasteiger partial charge in [-0.05, 0) is 36.6 Å². The zero-order chi connectivity index (χ0) is 20.5. The fourth-order valence-corrected chi connectivity index (χ4v) is 5.21. The van der Waals surface area contributed by atoms with E-state index in [1.165, 1.54) is 38.2 Å². The molecular formula is C25H28FN3O. The van der Waals surface area contributed by atoms with E-state index < -0.39 is 0 Å². The van der Waals surface area contributed by atoms with Gasteiger partial charge in [-0.1, -0.05) is 56.4 Å². The predicted molar refractivity (Wildman–Crippen MR) is 117 cm³/mol. The summed E-state index contributed by atoms with van der Waals surface area (Å²) >= 11 is 0. The van der Waals surface area contributed by atoms with Gasteiger partial charge in [0, 0.05) is 25.4 Å². The Bertz CT molecular complexity index is 1050. The van der Waals surface area contributed by atoms with Crippen LogP contribution >= 0.6 is 0 Å². The molecule has 1 saturated carbocycles. The standard InChI is InChI=1S/C25H28FN3O/c26-20-10-4-6-12-22(20)29-17-19(16-24(29)30)25-27-21-11-5-7-13-23(21)28(25)15-14-18-8-2-1-3-9-18/h4-7,10-13,18-19H,1-3,8-9,14-17H2/t19-/m1/s1. The van der Waals surface area contributed by atoms with Crippen molar-refractivity contribution in [2.24, 2.45) is 5.92 Å². The molecular weight excluding hydrogens is 377 g/mol. The molecule has 156 valence electrons. The zero-order valence-corrected chi connectivity index (χ0v) is 17.3. The van der Waals surface area contributed by atoms with Gasteiger partial charge in [-0.2, -0.15) is 0 Å². The van der Waals surface area contributed by atoms with E-state index in [1.807, 2.05) is 12.1 Å². The summed E-state index contributed by atoms with van der Waals surface area (Å²) in [5.74, 6) is 1.36. The number of anilines is 1. The van der Waals surface area contributed by atoms with E-state index in [-0.39, 0.29) is 17.6 Å². The quantitative estimate of drug-likeness (QED) is 0.549. The highest BCUT2D eigenvalue weighted by Crippen LogP contribution is 2.35. The number of carbonyl (C=O) groups excluding carboxylic acids is 1. The van der Waals surface area contributed by atoms with Crippen molar-refractivity contribution >= 4 is 22.6 Å². The van der Waals surface area contributed by atoms with Crippen molar-refractivity contribution in [2.75, 3.05) is 11.4 Å². The molecule has 0 unspecified atom stereocenters. The first-order chi connectivity index (χ1) is 14.7. The predicted octanol–water partition coefficient (Wildman–Crippen LogP) is 5.67. The highest BCUT2D eigenvalue weighted by molar-refractivity contribution is 5.96. The minimum absolute atomic E-state index is 0.0177. The second-order valence-electron chi connectivity index (χ2n) is 8.76. The summed E-state index contributed by atoms with van der Waals surface area (Å²) in [6.45, 7) is 1.41. The minimum Gasteiger partial charge on any atom is -0.328 e. The Hall–Kier alpha value is -2.69. The molecule has 3 aromatic rings. The lowest BCUT2D eigenvalue weighted by molar-refractivity contribution is -0.117. The minimum atomic E-state index is -0.350. The van der Waals surface area contributed by atoms with Gasteiger partial charge < -0.3 is 9.47 Å². The van der Waals surface area contributed by atoms with Gasteiger partial charge in [-0.3, -0.25) is 4.79 Å². The number of hydrogen-bond donors (Lipinski definition) is 0. The summed E-state index contributed by atoms with van der Waals surface area (Å²) in [7, 11) is 0. The van der Waals surface area contributed by atoms with Crippen LogP contribution in [0.1, 0.15) is 56.7 Å². The van der Waals surface area contributed by atoms with Crippen LogP contribution in [0.4, 0.5) is 10.1 Å². The molecule has 2 aromatic carbocycles. The third-order valence-electron chi connectivity index (χ3n) is 6.80. The maximum absolute atomic E-state index is 14.3. The number of hydrogen-bond acceptors (Lipinski definition) is 2. The topological polar surface area (TPSA) is 38.1 Å². The van der Waals surface area contributed by atoms with Gasteiger partial charge in [0.05, 0.1) is 16.7 Å². The van der Waals surface area contributed by atoms with Crippen LogP contribution in [0.5, 0.6) is 0 Å². The maximum Gasteiger partial charge on any atom is 0.227 e. The van der Waals surface area contributed by atoms with Crippen LogP contribution in [-0.4, -0.2) is 22.0 Å². The smallest absolute Gasteiger partial charge is 0.227 e. The zero-order valence-electron chi connectivity index (χ0n) is 17.3. The summed E-state index contributed by atoms with van der Waals surface area (Å²) in [6.07, 6.45) is 8.24. The van der Waals surface area contributed by atoms with Crippen molar-refractivity contribution < 1.29 is 9.18 Å². The number of imidazole rings is 1. The highest BCUT2D eigenvalue weighted by Gasteiger charge is 2.35. The van der Waals surface area contributed by atoms with E-state index in [0.717, 1.165) is 35.7 Å². The lowest BCUT2D eigenvalue weighted by atomic mass is 9.87. The average molecular weight is 406 g/mol. The molecule has 2 heterocycles. The van der Waals surface area contributed by atoms with E-state index in [4.69, 9.17) is 4.98 Å². The van der Waals surface area contributed by atoms with E-state index >= 15 is 0 Å². The van der Waals surface area contributed by atoms with Crippen molar-refractivity contribution in [3.05, 3.63) is 60.2 Å². The molecule has 2 fully saturated rings. The normalized spacial score (nSPS) is 20.4. The van der Waals surface area contributed by atoms with Gasteiger partial charge in [0.25, 0.3) is 0 Å². The molecule has 2 aliphatic rings. The molecule has 0 bridgehead atoms. The Morgan fingerprint density at radius 3 is 2.60 bits per heavy atom. The van der Waals surface area contributed by atoms with Crippen LogP contribution < -0.4 is 4.90 Å². The van der Waals surface area contributed by atoms with Gasteiger partial charge >= 0.3 is 0 Å². The number of para-hydroxylation sites is 3. The van der Waals surface area contributed by atoms with Gasteiger partial charge in [0.2, 0.25) is 5.91 Å². The fourth-order valence-electron chi connectivity index (χ4n) is 5.21. The summed E-state index contributed by atoms with van der Waals surface area (Å²) in [6, 6.07) is 14.8. The number of aryl methyl sites for hydroxylation is 1. The summed E-state index contributed by atoms with van der Waals surface area (Å²) in [5, 5.41) is 0. The molecule has 30 heavy (non-hydrogen) atoms. The first kappa shape index (κ1) is 19.3. The first-order valence-corrected chi connectivity index (χ1v) is 11.2. The number of benzene rings is 2. The number of halogens is 1. The van der Waals surface area contributed by atoms with Crippen LogP contribution in [0.2, 0.25) is 0 Å². The molecule has 5 rings (SSSR count). The van der Waals surface area contributed by atoms with Crippen LogP contribution in [0, 0.1) is 11.7 Å². The van der Waals surface area contributed by atoms with Gasteiger partial charge in [-0.25, -0.2) is 9.37 Å². The maximum atomic E-state index is 14.3. The van der Waals surface area contributed by atoms with Gasteiger partial charge in [0.15, 0.2) is 0 Å². The van der Waals surface area contributed by atoms with Gasteiger partial charge in [-0.15, -0.1) is 0 Å². The number of amides is 1. The molecule has 1 aliphatic carbocycles. The van der Waals surface area contributed by atoms with Crippen LogP contribution in [0.15, 0.2) is 48.5 Å². The third-order valence-corrected chi connectivity index (χ3v) is 6.80. The lowest BCUT2D eigenvalue weighted by Crippen LogP contribution is -2.25. The molecule has 4 nitrogen and oxygen atoms in total. The number of rotatable bonds is 5. The van der Waals surface area contributed by atoms with E-state index in [9.17, 15) is 9.18 Å². The summed E-state index contributed by atoms with van der Waals surface area (Å²) in [5.41, 5.74) is 2.49. The first-order valence-electron chi connectivity index (χ1n) is 11.2. The number of fused-ring (bicyclic) bond motifs is 1. The van der Waals surface area contributed by atoms with Crippen molar-refractivity contribution in [2.45, 2.75) is 57.4 Å². The summed E-state index contributed by atoms with van der Waals surface area (Å²) in [4.78, 5) is 19.3. The Morgan fingerprint density at radius 2 is 1.77 bits per heavy atom. The Balaban J connectivity index is 1.43. The molecule has 1 aliphatic heterocycles. The van der Waals surface area contributed by atoms with E-state index in [2.05, 4.69) is 16.7 Å². The van der Waals surface area contributed by atoms with E-state index in [0.29, 0.717) is 18.7 Å². The molecule has 0 spiro atoms. The molecule has 1 amide bonds. The largest absolute Gasteiger partial charge is 0.328 e. The molecule has 1 aromatic heterocycles.